The Bertz CT molecular complexity index is 445. The molecule has 0 bridgehead atoms. The summed E-state index contributed by atoms with van der Waals surface area (Å²) in [5.74, 6) is 1.06. The first kappa shape index (κ1) is 12.7. The lowest BCUT2D eigenvalue weighted by Crippen LogP contribution is -2.37. The number of hydrogen-bond donors (Lipinski definition) is 1. The number of carbonyl (C=O) groups excluding carboxylic acids is 1. The number of nitrogens with zero attached hydrogens (tertiary/aromatic N) is 1. The third-order valence-electron chi connectivity index (χ3n) is 4.48. The zero-order valence-corrected chi connectivity index (χ0v) is 11.5. The minimum absolute atomic E-state index is 0.0293. The monoisotopic (exact) mass is 258 g/mol. The molecule has 1 saturated carbocycles. The maximum absolute atomic E-state index is 12.5. The molecule has 3 nitrogen and oxygen atoms in total. The Balaban J connectivity index is 1.62. The molecule has 3 unspecified atom stereocenters. The van der Waals surface area contributed by atoms with Crippen molar-refractivity contribution < 1.29 is 4.79 Å². The fourth-order valence-corrected chi connectivity index (χ4v) is 3.35. The lowest BCUT2D eigenvalue weighted by Gasteiger charge is -2.23. The smallest absolute Gasteiger partial charge is 0.241 e. The molecule has 102 valence electrons. The van der Waals surface area contributed by atoms with Crippen molar-refractivity contribution in [1.82, 2.24) is 10.2 Å². The van der Waals surface area contributed by atoms with Gasteiger partial charge in [0.2, 0.25) is 5.91 Å². The van der Waals surface area contributed by atoms with E-state index >= 15 is 0 Å². The van der Waals surface area contributed by atoms with Crippen LogP contribution in [0, 0.1) is 5.92 Å². The fraction of sp³-hybridized carbons (Fsp3) is 0.562. The Morgan fingerprint density at radius 3 is 2.74 bits per heavy atom. The average Bonchev–Trinajstić information content (AvgIpc) is 2.99. The molecular formula is C16H22N2O. The van der Waals surface area contributed by atoms with Crippen LogP contribution in [0.5, 0.6) is 0 Å². The van der Waals surface area contributed by atoms with Gasteiger partial charge in [-0.25, -0.2) is 0 Å². The topological polar surface area (TPSA) is 32.3 Å². The van der Waals surface area contributed by atoms with Crippen LogP contribution in [0.2, 0.25) is 0 Å². The van der Waals surface area contributed by atoms with Gasteiger partial charge in [-0.1, -0.05) is 37.3 Å². The van der Waals surface area contributed by atoms with E-state index in [-0.39, 0.29) is 6.04 Å². The van der Waals surface area contributed by atoms with Crippen LogP contribution in [-0.4, -0.2) is 29.6 Å². The van der Waals surface area contributed by atoms with E-state index in [2.05, 4.69) is 29.3 Å². The second-order valence-corrected chi connectivity index (χ2v) is 5.98. The molecule has 1 aromatic rings. The van der Waals surface area contributed by atoms with Crippen molar-refractivity contribution >= 4 is 5.91 Å². The molecule has 3 heteroatoms. The van der Waals surface area contributed by atoms with Crippen LogP contribution in [0.4, 0.5) is 0 Å². The predicted molar refractivity (Wildman–Crippen MR) is 75.6 cm³/mol. The van der Waals surface area contributed by atoms with Crippen LogP contribution in [0.1, 0.15) is 31.7 Å². The lowest BCUT2D eigenvalue weighted by atomic mass is 10.1. The van der Waals surface area contributed by atoms with Crippen molar-refractivity contribution in [2.75, 3.05) is 6.67 Å². The average molecular weight is 258 g/mol. The van der Waals surface area contributed by atoms with Crippen molar-refractivity contribution in [2.24, 2.45) is 5.92 Å². The Hall–Kier alpha value is -1.35. The molecule has 2 fully saturated rings. The van der Waals surface area contributed by atoms with Gasteiger partial charge in [-0.05, 0) is 37.2 Å². The highest BCUT2D eigenvalue weighted by Crippen LogP contribution is 2.30. The number of rotatable bonds is 3. The molecule has 1 amide bonds. The number of benzene rings is 1. The largest absolute Gasteiger partial charge is 0.326 e. The van der Waals surface area contributed by atoms with E-state index in [4.69, 9.17) is 0 Å². The minimum Gasteiger partial charge on any atom is -0.326 e. The van der Waals surface area contributed by atoms with E-state index in [1.54, 1.807) is 0 Å². The standard InChI is InChI=1S/C16H22N2O/c1-12-7-8-14(9-12)18-11-17-15(16(18)19)10-13-5-3-2-4-6-13/h2-6,12,14-15,17H,7-11H2,1H3. The van der Waals surface area contributed by atoms with Gasteiger partial charge in [0, 0.05) is 6.04 Å². The Kier molecular flexibility index (Phi) is 3.56. The Morgan fingerprint density at radius 1 is 1.26 bits per heavy atom. The first-order valence-corrected chi connectivity index (χ1v) is 7.32. The summed E-state index contributed by atoms with van der Waals surface area (Å²) in [6.07, 6.45) is 4.41. The van der Waals surface area contributed by atoms with Crippen molar-refractivity contribution in [3.8, 4) is 0 Å². The third kappa shape index (κ3) is 2.66. The number of carbonyl (C=O) groups is 1. The molecule has 1 aromatic carbocycles. The molecule has 0 radical (unpaired) electrons. The van der Waals surface area contributed by atoms with Crippen LogP contribution in [0.15, 0.2) is 30.3 Å². The molecule has 1 saturated heterocycles. The molecule has 0 aromatic heterocycles. The SMILES string of the molecule is CC1CCC(N2CNC(Cc3ccccc3)C2=O)C1. The molecule has 19 heavy (non-hydrogen) atoms. The van der Waals surface area contributed by atoms with Gasteiger partial charge in [-0.3, -0.25) is 10.1 Å². The molecule has 1 heterocycles. The summed E-state index contributed by atoms with van der Waals surface area (Å²) in [6.45, 7) is 3.02. The van der Waals surface area contributed by atoms with Crippen molar-refractivity contribution in [1.29, 1.82) is 0 Å². The second-order valence-electron chi connectivity index (χ2n) is 5.98. The first-order chi connectivity index (χ1) is 9.24. The zero-order valence-electron chi connectivity index (χ0n) is 11.5. The van der Waals surface area contributed by atoms with Crippen LogP contribution in [0.25, 0.3) is 0 Å². The van der Waals surface area contributed by atoms with Crippen LogP contribution < -0.4 is 5.32 Å². The van der Waals surface area contributed by atoms with Gasteiger partial charge >= 0.3 is 0 Å². The maximum atomic E-state index is 12.5. The third-order valence-corrected chi connectivity index (χ3v) is 4.48. The number of nitrogens with one attached hydrogen (secondary N) is 1. The van der Waals surface area contributed by atoms with Crippen LogP contribution >= 0.6 is 0 Å². The molecule has 1 aliphatic carbocycles. The highest BCUT2D eigenvalue weighted by molar-refractivity contribution is 5.84. The summed E-state index contributed by atoms with van der Waals surface area (Å²) in [7, 11) is 0. The lowest BCUT2D eigenvalue weighted by molar-refractivity contribution is -0.130. The highest BCUT2D eigenvalue weighted by atomic mass is 16.2. The second kappa shape index (κ2) is 5.33. The zero-order chi connectivity index (χ0) is 13.2. The van der Waals surface area contributed by atoms with Crippen molar-refractivity contribution in [3.05, 3.63) is 35.9 Å². The molecular weight excluding hydrogens is 236 g/mol. The van der Waals surface area contributed by atoms with Gasteiger partial charge < -0.3 is 4.90 Å². The van der Waals surface area contributed by atoms with E-state index in [0.717, 1.165) is 19.0 Å². The number of hydrogen-bond acceptors (Lipinski definition) is 2. The highest BCUT2D eigenvalue weighted by Gasteiger charge is 2.37. The Labute approximate surface area is 115 Å². The van der Waals surface area contributed by atoms with Gasteiger partial charge in [0.1, 0.15) is 0 Å². The van der Waals surface area contributed by atoms with E-state index in [1.165, 1.54) is 24.8 Å². The number of amides is 1. The van der Waals surface area contributed by atoms with E-state index in [0.29, 0.717) is 11.9 Å². The molecule has 0 spiro atoms. The summed E-state index contributed by atoms with van der Waals surface area (Å²) in [4.78, 5) is 14.5. The van der Waals surface area contributed by atoms with Crippen molar-refractivity contribution in [3.63, 3.8) is 0 Å². The normalized spacial score (nSPS) is 31.1. The van der Waals surface area contributed by atoms with Crippen molar-refractivity contribution in [2.45, 2.75) is 44.7 Å². The summed E-state index contributed by atoms with van der Waals surface area (Å²) >= 11 is 0. The summed E-state index contributed by atoms with van der Waals surface area (Å²) in [6, 6.07) is 10.7. The summed E-state index contributed by atoms with van der Waals surface area (Å²) in [5.41, 5.74) is 1.23. The van der Waals surface area contributed by atoms with Gasteiger partial charge in [-0.15, -0.1) is 0 Å². The molecule has 3 atom stereocenters. The maximum Gasteiger partial charge on any atom is 0.241 e. The molecule has 2 aliphatic rings. The Morgan fingerprint density at radius 2 is 2.05 bits per heavy atom. The van der Waals surface area contributed by atoms with Crippen LogP contribution in [0.3, 0.4) is 0 Å². The summed E-state index contributed by atoms with van der Waals surface area (Å²) in [5, 5.41) is 3.37. The van der Waals surface area contributed by atoms with E-state index in [9.17, 15) is 4.79 Å². The van der Waals surface area contributed by atoms with Crippen LogP contribution in [-0.2, 0) is 11.2 Å². The fourth-order valence-electron chi connectivity index (χ4n) is 3.35. The predicted octanol–water partition coefficient (Wildman–Crippen LogP) is 2.18. The summed E-state index contributed by atoms with van der Waals surface area (Å²) < 4.78 is 0. The quantitative estimate of drug-likeness (QED) is 0.901. The molecule has 3 rings (SSSR count). The van der Waals surface area contributed by atoms with Gasteiger partial charge in [-0.2, -0.15) is 0 Å². The van der Waals surface area contributed by atoms with Gasteiger partial charge in [0.05, 0.1) is 12.7 Å². The molecule has 1 aliphatic heterocycles. The molecule has 1 N–H and O–H groups in total. The van der Waals surface area contributed by atoms with E-state index < -0.39 is 0 Å². The first-order valence-electron chi connectivity index (χ1n) is 7.32. The van der Waals surface area contributed by atoms with Gasteiger partial charge in [0.25, 0.3) is 0 Å². The van der Waals surface area contributed by atoms with Gasteiger partial charge in [0.15, 0.2) is 0 Å². The van der Waals surface area contributed by atoms with E-state index in [1.807, 2.05) is 18.2 Å². The minimum atomic E-state index is -0.0293.